The molecular formula is C16H16N2O4. The van der Waals surface area contributed by atoms with E-state index in [-0.39, 0.29) is 0 Å². The van der Waals surface area contributed by atoms with E-state index in [2.05, 4.69) is 5.43 Å². The standard InChI is InChI=1S/C16H16N2O4/c1-22-13-9-7-12(8-10-13)18-15(19)16(20,21)14(17-18)11-5-3-2-4-6-11/h2-10,14,17,20-21H,1H3. The van der Waals surface area contributed by atoms with Crippen molar-refractivity contribution in [3.8, 4) is 5.75 Å². The molecule has 0 radical (unpaired) electrons. The summed E-state index contributed by atoms with van der Waals surface area (Å²) in [4.78, 5) is 12.3. The number of benzene rings is 2. The van der Waals surface area contributed by atoms with Crippen LogP contribution in [0.1, 0.15) is 11.6 Å². The maximum atomic E-state index is 12.3. The van der Waals surface area contributed by atoms with Gasteiger partial charge in [0.15, 0.2) is 0 Å². The number of methoxy groups -OCH3 is 1. The van der Waals surface area contributed by atoms with Crippen LogP contribution in [0.3, 0.4) is 0 Å². The van der Waals surface area contributed by atoms with E-state index in [4.69, 9.17) is 4.74 Å². The summed E-state index contributed by atoms with van der Waals surface area (Å²) in [5.41, 5.74) is 3.95. The van der Waals surface area contributed by atoms with Gasteiger partial charge in [0.2, 0.25) is 0 Å². The molecule has 6 heteroatoms. The third kappa shape index (κ3) is 2.33. The second-order valence-corrected chi connectivity index (χ2v) is 5.04. The molecule has 0 aliphatic carbocycles. The molecule has 0 spiro atoms. The smallest absolute Gasteiger partial charge is 0.303 e. The quantitative estimate of drug-likeness (QED) is 0.736. The maximum Gasteiger partial charge on any atom is 0.303 e. The van der Waals surface area contributed by atoms with Crippen LogP contribution in [0.15, 0.2) is 54.6 Å². The number of anilines is 1. The number of hydrazine groups is 1. The van der Waals surface area contributed by atoms with E-state index in [0.29, 0.717) is 17.0 Å². The minimum Gasteiger partial charge on any atom is -0.497 e. The Labute approximate surface area is 127 Å². The molecule has 3 N–H and O–H groups in total. The van der Waals surface area contributed by atoms with Gasteiger partial charge in [0.05, 0.1) is 12.8 Å². The zero-order chi connectivity index (χ0) is 15.7. The lowest BCUT2D eigenvalue weighted by atomic mass is 10.0. The number of carbonyl (C=O) groups excluding carboxylic acids is 1. The van der Waals surface area contributed by atoms with Gasteiger partial charge in [-0.1, -0.05) is 30.3 Å². The summed E-state index contributed by atoms with van der Waals surface area (Å²) in [5, 5.41) is 21.5. The van der Waals surface area contributed by atoms with Gasteiger partial charge >= 0.3 is 5.91 Å². The van der Waals surface area contributed by atoms with Gasteiger partial charge in [-0.2, -0.15) is 0 Å². The Kier molecular flexibility index (Phi) is 3.58. The van der Waals surface area contributed by atoms with Crippen LogP contribution in [-0.4, -0.2) is 29.0 Å². The van der Waals surface area contributed by atoms with Crippen molar-refractivity contribution in [2.45, 2.75) is 11.8 Å². The van der Waals surface area contributed by atoms with E-state index in [0.717, 1.165) is 5.01 Å². The lowest BCUT2D eigenvalue weighted by Crippen LogP contribution is -2.42. The molecule has 22 heavy (non-hydrogen) atoms. The number of amides is 1. The van der Waals surface area contributed by atoms with E-state index in [1.165, 1.54) is 0 Å². The highest BCUT2D eigenvalue weighted by atomic mass is 16.5. The third-order valence-electron chi connectivity index (χ3n) is 3.64. The van der Waals surface area contributed by atoms with Gasteiger partial charge in [-0.15, -0.1) is 0 Å². The van der Waals surface area contributed by atoms with E-state index in [9.17, 15) is 15.0 Å². The van der Waals surface area contributed by atoms with Crippen molar-refractivity contribution in [2.24, 2.45) is 0 Å². The molecular weight excluding hydrogens is 284 g/mol. The summed E-state index contributed by atoms with van der Waals surface area (Å²) in [7, 11) is 1.55. The number of hydrogen-bond acceptors (Lipinski definition) is 5. The molecule has 1 amide bonds. The summed E-state index contributed by atoms with van der Waals surface area (Å²) in [6.45, 7) is 0. The molecule has 1 heterocycles. The first-order valence-corrected chi connectivity index (χ1v) is 6.78. The van der Waals surface area contributed by atoms with Crippen molar-refractivity contribution >= 4 is 11.6 Å². The van der Waals surface area contributed by atoms with Crippen LogP contribution in [0, 0.1) is 0 Å². The minimum atomic E-state index is -2.51. The fourth-order valence-corrected chi connectivity index (χ4v) is 2.44. The number of rotatable bonds is 3. The first-order valence-electron chi connectivity index (χ1n) is 6.78. The van der Waals surface area contributed by atoms with E-state index < -0.39 is 17.7 Å². The molecule has 114 valence electrons. The van der Waals surface area contributed by atoms with Crippen molar-refractivity contribution in [2.75, 3.05) is 12.1 Å². The van der Waals surface area contributed by atoms with Crippen molar-refractivity contribution in [3.63, 3.8) is 0 Å². The van der Waals surface area contributed by atoms with Gasteiger partial charge in [-0.05, 0) is 29.8 Å². The molecule has 0 saturated carbocycles. The van der Waals surface area contributed by atoms with Crippen LogP contribution in [0.4, 0.5) is 5.69 Å². The topological polar surface area (TPSA) is 82.0 Å². The van der Waals surface area contributed by atoms with Crippen LogP contribution in [-0.2, 0) is 4.79 Å². The second kappa shape index (κ2) is 5.42. The van der Waals surface area contributed by atoms with Crippen molar-refractivity contribution in [1.82, 2.24) is 5.43 Å². The molecule has 6 nitrogen and oxygen atoms in total. The molecule has 1 aliphatic heterocycles. The number of carbonyl (C=O) groups is 1. The molecule has 3 rings (SSSR count). The van der Waals surface area contributed by atoms with Gasteiger partial charge in [0.25, 0.3) is 5.79 Å². The highest BCUT2D eigenvalue weighted by Gasteiger charge is 2.53. The summed E-state index contributed by atoms with van der Waals surface area (Å²) in [5.74, 6) is -2.69. The Morgan fingerprint density at radius 3 is 2.32 bits per heavy atom. The number of hydrogen-bond donors (Lipinski definition) is 3. The first kappa shape index (κ1) is 14.5. The van der Waals surface area contributed by atoms with E-state index in [1.54, 1.807) is 55.6 Å². The fourth-order valence-electron chi connectivity index (χ4n) is 2.44. The Balaban J connectivity index is 1.93. The lowest BCUT2D eigenvalue weighted by Gasteiger charge is -2.19. The van der Waals surface area contributed by atoms with Crippen LogP contribution in [0.5, 0.6) is 5.75 Å². The summed E-state index contributed by atoms with van der Waals surface area (Å²) in [6, 6.07) is 14.6. The van der Waals surface area contributed by atoms with Gasteiger partial charge in [-0.3, -0.25) is 4.79 Å². The molecule has 1 aliphatic rings. The normalized spacial score (nSPS) is 20.2. The molecule has 2 aromatic rings. The minimum absolute atomic E-state index is 0.497. The first-order chi connectivity index (χ1) is 10.5. The van der Waals surface area contributed by atoms with Crippen LogP contribution < -0.4 is 15.2 Å². The molecule has 0 aromatic heterocycles. The van der Waals surface area contributed by atoms with Crippen molar-refractivity contribution in [3.05, 3.63) is 60.2 Å². The zero-order valence-corrected chi connectivity index (χ0v) is 11.9. The van der Waals surface area contributed by atoms with Gasteiger partial charge in [0.1, 0.15) is 11.8 Å². The predicted molar refractivity (Wildman–Crippen MR) is 80.0 cm³/mol. The Bertz CT molecular complexity index is 670. The number of aliphatic hydroxyl groups is 2. The van der Waals surface area contributed by atoms with E-state index >= 15 is 0 Å². The van der Waals surface area contributed by atoms with E-state index in [1.807, 2.05) is 6.07 Å². The zero-order valence-electron chi connectivity index (χ0n) is 11.9. The highest BCUT2D eigenvalue weighted by molar-refractivity contribution is 6.00. The van der Waals surface area contributed by atoms with Crippen LogP contribution in [0.25, 0.3) is 0 Å². The average Bonchev–Trinajstić information content (AvgIpc) is 2.79. The number of ether oxygens (including phenoxy) is 1. The molecule has 0 bridgehead atoms. The maximum absolute atomic E-state index is 12.3. The molecule has 2 aromatic carbocycles. The van der Waals surface area contributed by atoms with Crippen molar-refractivity contribution < 1.29 is 19.7 Å². The largest absolute Gasteiger partial charge is 0.497 e. The number of nitrogens with zero attached hydrogens (tertiary/aromatic N) is 1. The van der Waals surface area contributed by atoms with Crippen LogP contribution >= 0.6 is 0 Å². The Hall–Kier alpha value is -2.41. The monoisotopic (exact) mass is 300 g/mol. The molecule has 1 saturated heterocycles. The molecule has 1 fully saturated rings. The average molecular weight is 300 g/mol. The lowest BCUT2D eigenvalue weighted by molar-refractivity contribution is -0.182. The molecule has 1 unspecified atom stereocenters. The summed E-state index contributed by atoms with van der Waals surface area (Å²) < 4.78 is 5.07. The fraction of sp³-hybridized carbons (Fsp3) is 0.188. The Morgan fingerprint density at radius 1 is 1.09 bits per heavy atom. The van der Waals surface area contributed by atoms with Gasteiger partial charge in [-0.25, -0.2) is 10.4 Å². The Morgan fingerprint density at radius 2 is 1.73 bits per heavy atom. The van der Waals surface area contributed by atoms with Gasteiger partial charge in [0, 0.05) is 0 Å². The van der Waals surface area contributed by atoms with Crippen molar-refractivity contribution in [1.29, 1.82) is 0 Å². The SMILES string of the molecule is COc1ccc(N2NC(c3ccccc3)C(O)(O)C2=O)cc1. The predicted octanol–water partition coefficient (Wildman–Crippen LogP) is 0.969. The second-order valence-electron chi connectivity index (χ2n) is 5.04. The summed E-state index contributed by atoms with van der Waals surface area (Å²) >= 11 is 0. The highest BCUT2D eigenvalue weighted by Crippen LogP contribution is 2.34. The third-order valence-corrected chi connectivity index (χ3v) is 3.64. The van der Waals surface area contributed by atoms with Crippen LogP contribution in [0.2, 0.25) is 0 Å². The van der Waals surface area contributed by atoms with Gasteiger partial charge < -0.3 is 14.9 Å². The molecule has 1 atom stereocenters. The summed E-state index contributed by atoms with van der Waals surface area (Å²) in [6.07, 6.45) is 0. The number of nitrogens with one attached hydrogen (secondary N) is 1.